The molecule has 1 aromatic heterocycles. The first-order valence-corrected chi connectivity index (χ1v) is 4.79. The predicted octanol–water partition coefficient (Wildman–Crippen LogP) is 2.88. The Morgan fingerprint density at radius 1 is 1.60 bits per heavy atom. The summed E-state index contributed by atoms with van der Waals surface area (Å²) in [5.74, 6) is -0.613. The Morgan fingerprint density at radius 3 is 2.67 bits per heavy atom. The van der Waals surface area contributed by atoms with Crippen molar-refractivity contribution in [1.82, 2.24) is 4.98 Å². The normalized spacial score (nSPS) is 10.5. The lowest BCUT2D eigenvalue weighted by Gasteiger charge is -2.08. The average Bonchev–Trinajstić information content (AvgIpc) is 2.20. The van der Waals surface area contributed by atoms with E-state index in [9.17, 15) is 13.6 Å². The van der Waals surface area contributed by atoms with Gasteiger partial charge in [0.25, 0.3) is 6.43 Å². The van der Waals surface area contributed by atoms with Crippen LogP contribution >= 0.6 is 15.9 Å². The fraction of sp³-hybridized carbons (Fsp3) is 0.333. The zero-order valence-electron chi connectivity index (χ0n) is 8.05. The maximum atomic E-state index is 12.4. The molecule has 0 aliphatic carbocycles. The summed E-state index contributed by atoms with van der Waals surface area (Å²) in [6, 6.07) is 0. The molecule has 1 rings (SSSR count). The first-order valence-electron chi connectivity index (χ1n) is 4.00. The number of methoxy groups -OCH3 is 1. The Kier molecular flexibility index (Phi) is 3.73. The van der Waals surface area contributed by atoms with E-state index in [0.29, 0.717) is 4.47 Å². The SMILES string of the molecule is COC(=O)c1cnc(C(F)F)c(C)c1Br. The number of carbonyl (C=O) groups is 1. The molecule has 0 amide bonds. The summed E-state index contributed by atoms with van der Waals surface area (Å²) in [7, 11) is 1.21. The lowest BCUT2D eigenvalue weighted by Crippen LogP contribution is -2.06. The van der Waals surface area contributed by atoms with Crippen LogP contribution < -0.4 is 0 Å². The van der Waals surface area contributed by atoms with Crippen molar-refractivity contribution in [2.75, 3.05) is 7.11 Å². The summed E-state index contributed by atoms with van der Waals surface area (Å²) < 4.78 is 29.6. The predicted molar refractivity (Wildman–Crippen MR) is 53.0 cm³/mol. The summed E-state index contributed by atoms with van der Waals surface area (Å²) in [5, 5.41) is 0. The Balaban J connectivity index is 3.27. The van der Waals surface area contributed by atoms with Gasteiger partial charge in [0.1, 0.15) is 5.69 Å². The van der Waals surface area contributed by atoms with Gasteiger partial charge in [0.2, 0.25) is 0 Å². The number of carbonyl (C=O) groups excluding carboxylic acids is 1. The minimum absolute atomic E-state index is 0.138. The van der Waals surface area contributed by atoms with Crippen LogP contribution in [0.2, 0.25) is 0 Å². The number of hydrogen-bond acceptors (Lipinski definition) is 3. The van der Waals surface area contributed by atoms with E-state index in [4.69, 9.17) is 0 Å². The molecular weight excluding hydrogens is 272 g/mol. The molecule has 1 heterocycles. The molecule has 82 valence electrons. The van der Waals surface area contributed by atoms with Gasteiger partial charge in [0.05, 0.1) is 12.7 Å². The summed E-state index contributed by atoms with van der Waals surface area (Å²) in [4.78, 5) is 14.7. The third-order valence-corrected chi connectivity index (χ3v) is 2.92. The van der Waals surface area contributed by atoms with Gasteiger partial charge in [-0.1, -0.05) is 0 Å². The minimum Gasteiger partial charge on any atom is -0.465 e. The van der Waals surface area contributed by atoms with Crippen molar-refractivity contribution in [2.45, 2.75) is 13.3 Å². The summed E-state index contributed by atoms with van der Waals surface area (Å²) >= 11 is 3.07. The zero-order chi connectivity index (χ0) is 11.6. The largest absolute Gasteiger partial charge is 0.465 e. The maximum Gasteiger partial charge on any atom is 0.340 e. The van der Waals surface area contributed by atoms with Crippen molar-refractivity contribution in [3.63, 3.8) is 0 Å². The van der Waals surface area contributed by atoms with Crippen molar-refractivity contribution in [1.29, 1.82) is 0 Å². The highest BCUT2D eigenvalue weighted by Gasteiger charge is 2.19. The average molecular weight is 280 g/mol. The van der Waals surface area contributed by atoms with E-state index in [-0.39, 0.29) is 16.8 Å². The quantitative estimate of drug-likeness (QED) is 0.782. The van der Waals surface area contributed by atoms with E-state index >= 15 is 0 Å². The molecule has 0 unspecified atom stereocenters. The molecule has 0 aromatic carbocycles. The topological polar surface area (TPSA) is 39.2 Å². The smallest absolute Gasteiger partial charge is 0.340 e. The number of aromatic nitrogens is 1. The van der Waals surface area contributed by atoms with Gasteiger partial charge in [-0.3, -0.25) is 4.98 Å². The van der Waals surface area contributed by atoms with Crippen molar-refractivity contribution in [3.05, 3.63) is 27.5 Å². The maximum absolute atomic E-state index is 12.4. The first-order chi connectivity index (χ1) is 6.99. The monoisotopic (exact) mass is 279 g/mol. The van der Waals surface area contributed by atoms with Crippen LogP contribution in [0.3, 0.4) is 0 Å². The van der Waals surface area contributed by atoms with E-state index in [1.54, 1.807) is 0 Å². The fourth-order valence-electron chi connectivity index (χ4n) is 1.07. The van der Waals surface area contributed by atoms with Crippen LogP contribution in [0.5, 0.6) is 0 Å². The van der Waals surface area contributed by atoms with Gasteiger partial charge in [0.15, 0.2) is 0 Å². The lowest BCUT2D eigenvalue weighted by molar-refractivity contribution is 0.0598. The second-order valence-electron chi connectivity index (χ2n) is 2.79. The molecule has 0 atom stereocenters. The van der Waals surface area contributed by atoms with Crippen molar-refractivity contribution in [3.8, 4) is 0 Å². The Hall–Kier alpha value is -1.04. The zero-order valence-corrected chi connectivity index (χ0v) is 9.64. The number of rotatable bonds is 2. The van der Waals surface area contributed by atoms with Crippen LogP contribution in [0.25, 0.3) is 0 Å². The van der Waals surface area contributed by atoms with Gasteiger partial charge in [-0.05, 0) is 28.4 Å². The van der Waals surface area contributed by atoms with Crippen molar-refractivity contribution in [2.24, 2.45) is 0 Å². The van der Waals surface area contributed by atoms with Gasteiger partial charge >= 0.3 is 5.97 Å². The second kappa shape index (κ2) is 4.65. The highest BCUT2D eigenvalue weighted by Crippen LogP contribution is 2.28. The Labute approximate surface area is 93.6 Å². The highest BCUT2D eigenvalue weighted by molar-refractivity contribution is 9.10. The molecule has 0 saturated carbocycles. The Bertz CT molecular complexity index is 396. The third kappa shape index (κ3) is 2.31. The number of alkyl halides is 2. The molecule has 0 N–H and O–H groups in total. The highest BCUT2D eigenvalue weighted by atomic mass is 79.9. The van der Waals surface area contributed by atoms with E-state index in [2.05, 4.69) is 25.7 Å². The molecule has 0 spiro atoms. The van der Waals surface area contributed by atoms with Gasteiger partial charge in [-0.25, -0.2) is 13.6 Å². The molecule has 6 heteroatoms. The van der Waals surface area contributed by atoms with Crippen molar-refractivity contribution < 1.29 is 18.3 Å². The van der Waals surface area contributed by atoms with Crippen LogP contribution in [0.15, 0.2) is 10.7 Å². The molecule has 0 saturated heterocycles. The molecule has 0 aliphatic heterocycles. The summed E-state index contributed by atoms with van der Waals surface area (Å²) in [6.45, 7) is 1.46. The Morgan fingerprint density at radius 2 is 2.20 bits per heavy atom. The van der Waals surface area contributed by atoms with Crippen LogP contribution in [0, 0.1) is 6.92 Å². The van der Waals surface area contributed by atoms with Gasteiger partial charge < -0.3 is 4.74 Å². The van der Waals surface area contributed by atoms with Crippen LogP contribution in [0.4, 0.5) is 8.78 Å². The van der Waals surface area contributed by atoms with E-state index in [0.717, 1.165) is 6.20 Å². The summed E-state index contributed by atoms with van der Waals surface area (Å²) in [6.07, 6.45) is -1.59. The third-order valence-electron chi connectivity index (χ3n) is 1.89. The molecule has 0 bridgehead atoms. The number of nitrogens with zero attached hydrogens (tertiary/aromatic N) is 1. The molecule has 0 radical (unpaired) electrons. The van der Waals surface area contributed by atoms with E-state index in [1.165, 1.54) is 14.0 Å². The number of pyridine rings is 1. The molecule has 0 aliphatic rings. The number of ether oxygens (including phenoxy) is 1. The van der Waals surface area contributed by atoms with E-state index in [1.807, 2.05) is 0 Å². The van der Waals surface area contributed by atoms with Gasteiger partial charge in [-0.15, -0.1) is 0 Å². The van der Waals surface area contributed by atoms with Gasteiger partial charge in [0, 0.05) is 10.7 Å². The summed E-state index contributed by atoms with van der Waals surface area (Å²) in [5.41, 5.74) is 0.0434. The lowest BCUT2D eigenvalue weighted by atomic mass is 10.1. The fourth-order valence-corrected chi connectivity index (χ4v) is 1.54. The standard InChI is InChI=1S/C9H8BrF2NO2/c1-4-6(10)5(9(14)15-2)3-13-7(4)8(11)12/h3,8H,1-2H3. The molecule has 0 fully saturated rings. The van der Waals surface area contributed by atoms with Crippen LogP contribution in [-0.2, 0) is 4.74 Å². The number of halogens is 3. The van der Waals surface area contributed by atoms with Crippen LogP contribution in [0.1, 0.15) is 28.0 Å². The molecule has 1 aromatic rings. The second-order valence-corrected chi connectivity index (χ2v) is 3.58. The van der Waals surface area contributed by atoms with Crippen LogP contribution in [-0.4, -0.2) is 18.1 Å². The molecule has 3 nitrogen and oxygen atoms in total. The number of hydrogen-bond donors (Lipinski definition) is 0. The minimum atomic E-state index is -2.66. The van der Waals surface area contributed by atoms with Gasteiger partial charge in [-0.2, -0.15) is 0 Å². The van der Waals surface area contributed by atoms with Crippen molar-refractivity contribution >= 4 is 21.9 Å². The molecular formula is C9H8BrF2NO2. The molecule has 15 heavy (non-hydrogen) atoms. The van der Waals surface area contributed by atoms with E-state index < -0.39 is 12.4 Å². The first kappa shape index (κ1) is 12.0. The number of esters is 1.